The lowest BCUT2D eigenvalue weighted by atomic mass is 9.99. The van der Waals surface area contributed by atoms with E-state index in [1.165, 1.54) is 11.1 Å². The predicted molar refractivity (Wildman–Crippen MR) is 182 cm³/mol. The van der Waals surface area contributed by atoms with Crippen LogP contribution < -0.4 is 0 Å². The molecule has 2 aromatic heterocycles. The van der Waals surface area contributed by atoms with E-state index in [4.69, 9.17) is 19.4 Å². The Labute approximate surface area is 261 Å². The molecule has 4 nitrogen and oxygen atoms in total. The number of hydrogen-bond donors (Lipinski definition) is 0. The van der Waals surface area contributed by atoms with Crippen molar-refractivity contribution < 1.29 is 4.42 Å². The molecule has 4 heteroatoms. The Balaban J connectivity index is 1.18. The maximum Gasteiger partial charge on any atom is 0.227 e. The monoisotopic (exact) mass is 577 g/mol. The van der Waals surface area contributed by atoms with Gasteiger partial charge in [-0.15, -0.1) is 0 Å². The highest BCUT2D eigenvalue weighted by molar-refractivity contribution is 5.84. The molecule has 45 heavy (non-hydrogen) atoms. The van der Waals surface area contributed by atoms with E-state index in [0.717, 1.165) is 55.9 Å². The van der Waals surface area contributed by atoms with Gasteiger partial charge in [0.05, 0.1) is 11.4 Å². The maximum atomic E-state index is 6.17. The second-order valence-electron chi connectivity index (χ2n) is 10.9. The van der Waals surface area contributed by atoms with Gasteiger partial charge in [-0.25, -0.2) is 15.0 Å². The van der Waals surface area contributed by atoms with Crippen molar-refractivity contribution in [2.24, 2.45) is 0 Å². The molecule has 6 aromatic carbocycles. The highest BCUT2D eigenvalue weighted by atomic mass is 16.3. The van der Waals surface area contributed by atoms with Crippen LogP contribution in [0.15, 0.2) is 168 Å². The van der Waals surface area contributed by atoms with E-state index in [1.54, 1.807) is 0 Å². The molecule has 0 spiro atoms. The number of hydrogen-bond acceptors (Lipinski definition) is 4. The summed E-state index contributed by atoms with van der Waals surface area (Å²) in [7, 11) is 0. The van der Waals surface area contributed by atoms with Crippen LogP contribution in [0.3, 0.4) is 0 Å². The molecule has 0 atom stereocenters. The number of aromatic nitrogens is 3. The third kappa shape index (κ3) is 5.41. The van der Waals surface area contributed by atoms with E-state index in [-0.39, 0.29) is 0 Å². The molecule has 0 aliphatic carbocycles. The summed E-state index contributed by atoms with van der Waals surface area (Å²) in [6.45, 7) is 0. The molecule has 0 bridgehead atoms. The number of nitrogens with zero attached hydrogens (tertiary/aromatic N) is 3. The number of benzene rings is 6. The fourth-order valence-electron chi connectivity index (χ4n) is 5.59. The van der Waals surface area contributed by atoms with Crippen LogP contribution in [-0.4, -0.2) is 15.0 Å². The van der Waals surface area contributed by atoms with Crippen molar-refractivity contribution in [3.63, 3.8) is 0 Å². The fourth-order valence-corrected chi connectivity index (χ4v) is 5.59. The summed E-state index contributed by atoms with van der Waals surface area (Å²) in [5, 5.41) is 0. The second-order valence-corrected chi connectivity index (χ2v) is 10.9. The van der Waals surface area contributed by atoms with Gasteiger partial charge in [0.25, 0.3) is 0 Å². The Bertz CT molecular complexity index is 2240. The first-order chi connectivity index (χ1) is 22.3. The Morgan fingerprint density at radius 1 is 0.333 bits per heavy atom. The van der Waals surface area contributed by atoms with Gasteiger partial charge in [0.2, 0.25) is 5.89 Å². The molecule has 0 N–H and O–H groups in total. The van der Waals surface area contributed by atoms with Gasteiger partial charge in [0, 0.05) is 22.3 Å². The highest BCUT2D eigenvalue weighted by Crippen LogP contribution is 2.33. The van der Waals surface area contributed by atoms with Gasteiger partial charge in [0.15, 0.2) is 11.4 Å². The van der Waals surface area contributed by atoms with Crippen LogP contribution in [-0.2, 0) is 0 Å². The average Bonchev–Trinajstić information content (AvgIpc) is 3.57. The minimum absolute atomic E-state index is 0.621. The lowest BCUT2D eigenvalue weighted by molar-refractivity contribution is 0.620. The summed E-state index contributed by atoms with van der Waals surface area (Å²) in [5.41, 5.74) is 11.8. The van der Waals surface area contributed by atoms with Crippen molar-refractivity contribution in [3.8, 4) is 67.6 Å². The van der Waals surface area contributed by atoms with Crippen LogP contribution in [0.2, 0.25) is 0 Å². The molecule has 0 saturated heterocycles. The molecule has 8 aromatic rings. The molecule has 0 radical (unpaired) electrons. The molecule has 0 amide bonds. The van der Waals surface area contributed by atoms with Crippen LogP contribution in [0.4, 0.5) is 0 Å². The van der Waals surface area contributed by atoms with Gasteiger partial charge in [-0.1, -0.05) is 127 Å². The minimum atomic E-state index is 0.621. The standard InChI is InChI=1S/C41H27N3O/c1-4-11-28(12-5-1)29-19-21-30(22-20-29)37-27-38(43-40(42-37)31-13-6-2-7-14-31)35-18-10-17-33(25-35)34-23-24-36-39(26-34)45-41(44-36)32-15-8-3-9-16-32/h1-27H. The van der Waals surface area contributed by atoms with E-state index in [2.05, 4.69) is 91.0 Å². The topological polar surface area (TPSA) is 51.8 Å². The Morgan fingerprint density at radius 2 is 0.844 bits per heavy atom. The Morgan fingerprint density at radius 3 is 1.56 bits per heavy atom. The molecule has 0 aliphatic heterocycles. The predicted octanol–water partition coefficient (Wildman–Crippen LogP) is 10.6. The van der Waals surface area contributed by atoms with Crippen molar-refractivity contribution in [1.82, 2.24) is 15.0 Å². The van der Waals surface area contributed by atoms with E-state index in [1.807, 2.05) is 72.8 Å². The van der Waals surface area contributed by atoms with Crippen LogP contribution in [0.1, 0.15) is 0 Å². The van der Waals surface area contributed by atoms with Gasteiger partial charge in [0.1, 0.15) is 5.52 Å². The molecule has 0 fully saturated rings. The third-order valence-electron chi connectivity index (χ3n) is 7.95. The number of oxazole rings is 1. The SMILES string of the molecule is c1ccc(-c2ccc(-c3cc(-c4cccc(-c5ccc6nc(-c7ccccc7)oc6c5)c4)nc(-c4ccccc4)n3)cc2)cc1. The summed E-state index contributed by atoms with van der Waals surface area (Å²) in [6.07, 6.45) is 0. The van der Waals surface area contributed by atoms with Crippen LogP contribution in [0.5, 0.6) is 0 Å². The van der Waals surface area contributed by atoms with Gasteiger partial charge in [-0.3, -0.25) is 0 Å². The molecule has 0 unspecified atom stereocenters. The zero-order valence-electron chi connectivity index (χ0n) is 24.3. The highest BCUT2D eigenvalue weighted by Gasteiger charge is 2.13. The lowest BCUT2D eigenvalue weighted by Crippen LogP contribution is -1.96. The van der Waals surface area contributed by atoms with Gasteiger partial charge >= 0.3 is 0 Å². The van der Waals surface area contributed by atoms with Crippen molar-refractivity contribution in [3.05, 3.63) is 164 Å². The number of rotatable bonds is 6. The van der Waals surface area contributed by atoms with Gasteiger partial charge < -0.3 is 4.42 Å². The first-order valence-electron chi connectivity index (χ1n) is 14.9. The molecular weight excluding hydrogens is 550 g/mol. The Hall–Kier alpha value is -6.13. The fraction of sp³-hybridized carbons (Fsp3) is 0. The van der Waals surface area contributed by atoms with Crippen LogP contribution in [0.25, 0.3) is 78.7 Å². The molecule has 0 aliphatic rings. The van der Waals surface area contributed by atoms with Crippen molar-refractivity contribution in [1.29, 1.82) is 0 Å². The molecular formula is C41H27N3O. The number of fused-ring (bicyclic) bond motifs is 1. The third-order valence-corrected chi connectivity index (χ3v) is 7.95. The summed E-state index contributed by atoms with van der Waals surface area (Å²) in [4.78, 5) is 14.8. The maximum absolute atomic E-state index is 6.17. The van der Waals surface area contributed by atoms with E-state index in [9.17, 15) is 0 Å². The quantitative estimate of drug-likeness (QED) is 0.197. The summed E-state index contributed by atoms with van der Waals surface area (Å²) >= 11 is 0. The zero-order chi connectivity index (χ0) is 30.0. The summed E-state index contributed by atoms with van der Waals surface area (Å²) < 4.78 is 6.17. The van der Waals surface area contributed by atoms with Crippen molar-refractivity contribution >= 4 is 11.1 Å². The van der Waals surface area contributed by atoms with Crippen LogP contribution >= 0.6 is 0 Å². The van der Waals surface area contributed by atoms with Crippen LogP contribution in [0, 0.1) is 0 Å². The molecule has 212 valence electrons. The zero-order valence-corrected chi connectivity index (χ0v) is 24.3. The summed E-state index contributed by atoms with van der Waals surface area (Å²) in [6, 6.07) is 55.8. The Kier molecular flexibility index (Phi) is 6.78. The van der Waals surface area contributed by atoms with Crippen molar-refractivity contribution in [2.75, 3.05) is 0 Å². The minimum Gasteiger partial charge on any atom is -0.436 e. The molecule has 8 rings (SSSR count). The first kappa shape index (κ1) is 26.5. The van der Waals surface area contributed by atoms with E-state index in [0.29, 0.717) is 11.7 Å². The normalized spacial score (nSPS) is 11.1. The second kappa shape index (κ2) is 11.5. The molecule has 0 saturated carbocycles. The van der Waals surface area contributed by atoms with Gasteiger partial charge in [-0.05, 0) is 58.7 Å². The first-order valence-corrected chi connectivity index (χ1v) is 14.9. The smallest absolute Gasteiger partial charge is 0.227 e. The average molecular weight is 578 g/mol. The van der Waals surface area contributed by atoms with Gasteiger partial charge in [-0.2, -0.15) is 0 Å². The van der Waals surface area contributed by atoms with Crippen molar-refractivity contribution in [2.45, 2.75) is 0 Å². The molecule has 2 heterocycles. The lowest BCUT2D eigenvalue weighted by Gasteiger charge is -2.11. The summed E-state index contributed by atoms with van der Waals surface area (Å²) in [5.74, 6) is 1.31. The van der Waals surface area contributed by atoms with E-state index < -0.39 is 0 Å². The largest absolute Gasteiger partial charge is 0.436 e. The van der Waals surface area contributed by atoms with E-state index >= 15 is 0 Å².